The predicted molar refractivity (Wildman–Crippen MR) is 162 cm³/mol. The summed E-state index contributed by atoms with van der Waals surface area (Å²) in [5.41, 5.74) is 0. The van der Waals surface area contributed by atoms with Crippen LogP contribution in [-0.4, -0.2) is 70.7 Å². The van der Waals surface area contributed by atoms with Gasteiger partial charge in [-0.15, -0.1) is 0 Å². The van der Waals surface area contributed by atoms with Crippen molar-refractivity contribution >= 4 is 13.8 Å². The van der Waals surface area contributed by atoms with Gasteiger partial charge in [-0.2, -0.15) is 0 Å². The van der Waals surface area contributed by atoms with Gasteiger partial charge in [0.15, 0.2) is 0 Å². The first-order valence-electron chi connectivity index (χ1n) is 16.3. The van der Waals surface area contributed by atoms with Crippen LogP contribution in [0.2, 0.25) is 0 Å². The standard InChI is InChI=1S/C31H64NO7P/c1-6-8-9-10-11-12-13-14-15-16-17-18-19-20-21-22-23-26-36-28-30(39-31(33)24-7-2)29-38-40(34,35)37-27-25-32(3,4)5/h30H,6-29H2,1-5H3. The van der Waals surface area contributed by atoms with Crippen LogP contribution in [-0.2, 0) is 27.9 Å². The van der Waals surface area contributed by atoms with Gasteiger partial charge in [-0.3, -0.25) is 9.36 Å². The van der Waals surface area contributed by atoms with Gasteiger partial charge in [-0.1, -0.05) is 117 Å². The van der Waals surface area contributed by atoms with Gasteiger partial charge in [0.05, 0.1) is 34.4 Å². The van der Waals surface area contributed by atoms with Gasteiger partial charge in [0.25, 0.3) is 7.82 Å². The van der Waals surface area contributed by atoms with Gasteiger partial charge in [0, 0.05) is 13.0 Å². The number of esters is 1. The highest BCUT2D eigenvalue weighted by molar-refractivity contribution is 7.45. The van der Waals surface area contributed by atoms with Crippen LogP contribution in [0.25, 0.3) is 0 Å². The van der Waals surface area contributed by atoms with Gasteiger partial charge < -0.3 is 27.9 Å². The number of rotatable bonds is 30. The summed E-state index contributed by atoms with van der Waals surface area (Å²) in [4.78, 5) is 24.0. The van der Waals surface area contributed by atoms with Crippen molar-refractivity contribution in [2.45, 2.75) is 142 Å². The number of phosphoric ester groups is 1. The number of ether oxygens (including phenoxy) is 2. The number of quaternary nitrogens is 1. The SMILES string of the molecule is CCCCCCCCCCCCCCCCCCCOCC(COP(=O)([O-])OCC[N+](C)(C)C)OC(=O)CCC. The van der Waals surface area contributed by atoms with Gasteiger partial charge in [0.2, 0.25) is 0 Å². The third-order valence-corrected chi connectivity index (χ3v) is 7.84. The number of hydrogen-bond acceptors (Lipinski definition) is 7. The van der Waals surface area contributed by atoms with Crippen molar-refractivity contribution in [2.24, 2.45) is 0 Å². The number of hydrogen-bond donors (Lipinski definition) is 0. The molecule has 0 rings (SSSR count). The smallest absolute Gasteiger partial charge is 0.306 e. The van der Waals surface area contributed by atoms with E-state index in [-0.39, 0.29) is 32.2 Å². The molecule has 9 heteroatoms. The number of nitrogens with zero attached hydrogens (tertiary/aromatic N) is 1. The Bertz CT molecular complexity index is 627. The fraction of sp³-hybridized carbons (Fsp3) is 0.968. The monoisotopic (exact) mass is 593 g/mol. The maximum Gasteiger partial charge on any atom is 0.306 e. The summed E-state index contributed by atoms with van der Waals surface area (Å²) in [5, 5.41) is 0. The van der Waals surface area contributed by atoms with E-state index >= 15 is 0 Å². The molecule has 0 bridgehead atoms. The molecule has 0 aliphatic heterocycles. The molecule has 0 amide bonds. The molecule has 0 saturated heterocycles. The maximum absolute atomic E-state index is 12.1. The molecule has 0 aromatic carbocycles. The Hall–Kier alpha value is -0.500. The molecule has 0 saturated carbocycles. The van der Waals surface area contributed by atoms with Gasteiger partial charge in [-0.25, -0.2) is 0 Å². The van der Waals surface area contributed by atoms with Crippen LogP contribution >= 0.6 is 7.82 Å². The van der Waals surface area contributed by atoms with Crippen molar-refractivity contribution < 1.29 is 37.3 Å². The Balaban J connectivity index is 3.85. The lowest BCUT2D eigenvalue weighted by molar-refractivity contribution is -0.870. The van der Waals surface area contributed by atoms with E-state index in [1.165, 1.54) is 96.3 Å². The average molecular weight is 594 g/mol. The first-order chi connectivity index (χ1) is 19.1. The highest BCUT2D eigenvalue weighted by atomic mass is 31.2. The van der Waals surface area contributed by atoms with E-state index in [4.69, 9.17) is 18.5 Å². The zero-order chi connectivity index (χ0) is 30.0. The van der Waals surface area contributed by atoms with Gasteiger partial charge >= 0.3 is 5.97 Å². The number of phosphoric acid groups is 1. The summed E-state index contributed by atoms with van der Waals surface area (Å²) in [5.74, 6) is -0.385. The average Bonchev–Trinajstić information content (AvgIpc) is 2.87. The number of carbonyl (C=O) groups is 1. The minimum absolute atomic E-state index is 0.0282. The highest BCUT2D eigenvalue weighted by Crippen LogP contribution is 2.38. The Kier molecular flexibility index (Phi) is 25.8. The Morgan fingerprint density at radius 1 is 0.675 bits per heavy atom. The van der Waals surface area contributed by atoms with Crippen LogP contribution in [0.4, 0.5) is 0 Å². The lowest BCUT2D eigenvalue weighted by Gasteiger charge is -2.28. The second kappa shape index (κ2) is 26.2. The third-order valence-electron chi connectivity index (χ3n) is 6.88. The molecule has 2 unspecified atom stereocenters. The molecule has 240 valence electrons. The quantitative estimate of drug-likeness (QED) is 0.0367. The molecular weight excluding hydrogens is 529 g/mol. The zero-order valence-corrected chi connectivity index (χ0v) is 27.7. The van der Waals surface area contributed by atoms with Gasteiger partial charge in [0.1, 0.15) is 19.3 Å². The van der Waals surface area contributed by atoms with Crippen LogP contribution in [0.15, 0.2) is 0 Å². The molecular formula is C31H64NO7P. The van der Waals surface area contributed by atoms with Gasteiger partial charge in [-0.05, 0) is 12.8 Å². The van der Waals surface area contributed by atoms with Crippen molar-refractivity contribution in [1.82, 2.24) is 0 Å². The largest absolute Gasteiger partial charge is 0.756 e. The van der Waals surface area contributed by atoms with Crippen LogP contribution in [0, 0.1) is 0 Å². The summed E-state index contributed by atoms with van der Waals surface area (Å²) in [6, 6.07) is 0. The maximum atomic E-state index is 12.1. The van der Waals surface area contributed by atoms with E-state index < -0.39 is 13.9 Å². The Labute approximate surface area is 247 Å². The fourth-order valence-electron chi connectivity index (χ4n) is 4.35. The molecule has 8 nitrogen and oxygen atoms in total. The summed E-state index contributed by atoms with van der Waals surface area (Å²) < 4.78 is 33.6. The first kappa shape index (κ1) is 39.5. The summed E-state index contributed by atoms with van der Waals surface area (Å²) in [6.45, 7) is 5.05. The van der Waals surface area contributed by atoms with Crippen LogP contribution < -0.4 is 4.89 Å². The van der Waals surface area contributed by atoms with Crippen molar-refractivity contribution in [3.8, 4) is 0 Å². The zero-order valence-electron chi connectivity index (χ0n) is 26.8. The predicted octanol–water partition coefficient (Wildman–Crippen LogP) is 7.57. The molecule has 0 fully saturated rings. The van der Waals surface area contributed by atoms with Crippen molar-refractivity contribution in [3.63, 3.8) is 0 Å². The second-order valence-electron chi connectivity index (χ2n) is 12.2. The minimum Gasteiger partial charge on any atom is -0.756 e. The molecule has 0 aromatic heterocycles. The van der Waals surface area contributed by atoms with Crippen molar-refractivity contribution in [2.75, 3.05) is 54.1 Å². The minimum atomic E-state index is -4.48. The van der Waals surface area contributed by atoms with E-state index in [0.717, 1.165) is 12.8 Å². The molecule has 0 spiro atoms. The van der Waals surface area contributed by atoms with Crippen LogP contribution in [0.5, 0.6) is 0 Å². The first-order valence-corrected chi connectivity index (χ1v) is 17.7. The molecule has 0 aliphatic rings. The van der Waals surface area contributed by atoms with Crippen molar-refractivity contribution in [3.05, 3.63) is 0 Å². The number of likely N-dealkylation sites (N-methyl/N-ethyl adjacent to an activating group) is 1. The third kappa shape index (κ3) is 29.0. The van der Waals surface area contributed by atoms with E-state index in [1.807, 2.05) is 28.1 Å². The Morgan fingerprint density at radius 2 is 1.15 bits per heavy atom. The van der Waals surface area contributed by atoms with E-state index in [0.29, 0.717) is 24.1 Å². The lowest BCUT2D eigenvalue weighted by atomic mass is 10.0. The van der Waals surface area contributed by atoms with Crippen molar-refractivity contribution in [1.29, 1.82) is 0 Å². The number of carbonyl (C=O) groups excluding carboxylic acids is 1. The molecule has 40 heavy (non-hydrogen) atoms. The molecule has 0 radical (unpaired) electrons. The molecule has 0 aromatic rings. The lowest BCUT2D eigenvalue weighted by Crippen LogP contribution is -2.37. The second-order valence-corrected chi connectivity index (χ2v) is 13.6. The summed E-state index contributed by atoms with van der Waals surface area (Å²) in [7, 11) is 1.36. The highest BCUT2D eigenvalue weighted by Gasteiger charge is 2.20. The summed E-state index contributed by atoms with van der Waals surface area (Å²) in [6.07, 6.45) is 22.6. The molecule has 0 N–H and O–H groups in total. The van der Waals surface area contributed by atoms with E-state index in [2.05, 4.69) is 6.92 Å². The molecule has 0 heterocycles. The molecule has 2 atom stereocenters. The van der Waals surface area contributed by atoms with Crippen LogP contribution in [0.1, 0.15) is 136 Å². The molecule has 0 aliphatic carbocycles. The van der Waals surface area contributed by atoms with E-state index in [9.17, 15) is 14.3 Å². The normalized spacial score (nSPS) is 14.2. The fourth-order valence-corrected chi connectivity index (χ4v) is 5.08. The topological polar surface area (TPSA) is 94.1 Å². The summed E-state index contributed by atoms with van der Waals surface area (Å²) >= 11 is 0. The van der Waals surface area contributed by atoms with E-state index in [1.54, 1.807) is 0 Å². The number of unbranched alkanes of at least 4 members (excludes halogenated alkanes) is 16. The van der Waals surface area contributed by atoms with Crippen LogP contribution in [0.3, 0.4) is 0 Å². The Morgan fingerprint density at radius 3 is 1.60 bits per heavy atom.